The Balaban J connectivity index is 1.47. The number of benzene rings is 2. The molecule has 0 bridgehead atoms. The first-order valence-corrected chi connectivity index (χ1v) is 8.82. The third kappa shape index (κ3) is 4.45. The minimum absolute atomic E-state index is 0.0689. The average Bonchev–Trinajstić information content (AvgIpc) is 3.37. The molecule has 4 nitrogen and oxygen atoms in total. The van der Waals surface area contributed by atoms with Gasteiger partial charge in [0, 0.05) is 16.1 Å². The van der Waals surface area contributed by atoms with Gasteiger partial charge in [0.15, 0.2) is 0 Å². The summed E-state index contributed by atoms with van der Waals surface area (Å²) < 4.78 is 13.9. The van der Waals surface area contributed by atoms with Crippen LogP contribution in [0.25, 0.3) is 0 Å². The molecule has 1 aliphatic carbocycles. The van der Waals surface area contributed by atoms with E-state index >= 15 is 0 Å². The van der Waals surface area contributed by atoms with Crippen molar-refractivity contribution in [1.82, 2.24) is 5.32 Å². The van der Waals surface area contributed by atoms with Gasteiger partial charge < -0.3 is 10.6 Å². The monoisotopic (exact) mass is 404 g/mol. The number of anilines is 1. The largest absolute Gasteiger partial charge is 0.347 e. The number of carbonyl (C=O) groups excluding carboxylic acids is 2. The SMILES string of the molecule is Cc1cc(NC(=O)CNC(=O)C2CC2c2ccc(F)cc2)ccc1Br. The molecule has 130 valence electrons. The zero-order valence-electron chi connectivity index (χ0n) is 13.7. The van der Waals surface area contributed by atoms with Gasteiger partial charge in [-0.25, -0.2) is 4.39 Å². The number of hydrogen-bond donors (Lipinski definition) is 2. The van der Waals surface area contributed by atoms with Crippen LogP contribution in [0.1, 0.15) is 23.5 Å². The third-order valence-corrected chi connectivity index (χ3v) is 5.18. The Morgan fingerprint density at radius 3 is 2.60 bits per heavy atom. The van der Waals surface area contributed by atoms with E-state index in [-0.39, 0.29) is 36.0 Å². The number of amides is 2. The van der Waals surface area contributed by atoms with Gasteiger partial charge in [-0.05, 0) is 60.7 Å². The van der Waals surface area contributed by atoms with Crippen molar-refractivity contribution in [3.05, 3.63) is 63.9 Å². The lowest BCUT2D eigenvalue weighted by molar-refractivity contribution is -0.125. The lowest BCUT2D eigenvalue weighted by atomic mass is 10.1. The fourth-order valence-electron chi connectivity index (χ4n) is 2.79. The first-order valence-electron chi connectivity index (χ1n) is 8.03. The maximum Gasteiger partial charge on any atom is 0.243 e. The minimum Gasteiger partial charge on any atom is -0.347 e. The first kappa shape index (κ1) is 17.6. The van der Waals surface area contributed by atoms with Gasteiger partial charge in [-0.1, -0.05) is 28.1 Å². The Labute approximate surface area is 153 Å². The number of aryl methyl sites for hydroxylation is 1. The van der Waals surface area contributed by atoms with Crippen molar-refractivity contribution in [2.45, 2.75) is 19.3 Å². The molecule has 0 spiro atoms. The number of halogens is 2. The molecule has 0 aromatic heterocycles. The van der Waals surface area contributed by atoms with E-state index in [4.69, 9.17) is 0 Å². The second kappa shape index (κ2) is 7.35. The average molecular weight is 405 g/mol. The molecule has 0 heterocycles. The van der Waals surface area contributed by atoms with Gasteiger partial charge >= 0.3 is 0 Å². The van der Waals surface area contributed by atoms with Crippen molar-refractivity contribution in [1.29, 1.82) is 0 Å². The molecule has 0 aliphatic heterocycles. The van der Waals surface area contributed by atoms with Crippen LogP contribution in [0.3, 0.4) is 0 Å². The molecule has 2 aromatic rings. The molecule has 2 N–H and O–H groups in total. The van der Waals surface area contributed by atoms with Gasteiger partial charge in [0.1, 0.15) is 5.82 Å². The summed E-state index contributed by atoms with van der Waals surface area (Å²) >= 11 is 3.41. The molecule has 6 heteroatoms. The number of rotatable bonds is 5. The van der Waals surface area contributed by atoms with Crippen molar-refractivity contribution < 1.29 is 14.0 Å². The Bertz CT molecular complexity index is 808. The molecule has 2 atom stereocenters. The molecule has 0 saturated heterocycles. The Hall–Kier alpha value is -2.21. The van der Waals surface area contributed by atoms with Crippen LogP contribution in [0.5, 0.6) is 0 Å². The van der Waals surface area contributed by atoms with Crippen LogP contribution >= 0.6 is 15.9 Å². The highest BCUT2D eigenvalue weighted by atomic mass is 79.9. The smallest absolute Gasteiger partial charge is 0.243 e. The number of hydrogen-bond acceptors (Lipinski definition) is 2. The zero-order chi connectivity index (χ0) is 18.0. The van der Waals surface area contributed by atoms with Gasteiger partial charge in [-0.15, -0.1) is 0 Å². The van der Waals surface area contributed by atoms with Gasteiger partial charge in [0.2, 0.25) is 11.8 Å². The maximum atomic E-state index is 12.9. The maximum absolute atomic E-state index is 12.9. The molecule has 1 saturated carbocycles. The van der Waals surface area contributed by atoms with E-state index in [2.05, 4.69) is 26.6 Å². The van der Waals surface area contributed by atoms with Crippen LogP contribution in [0.2, 0.25) is 0 Å². The molecule has 2 unspecified atom stereocenters. The van der Waals surface area contributed by atoms with E-state index in [1.165, 1.54) is 12.1 Å². The third-order valence-electron chi connectivity index (χ3n) is 4.29. The molecule has 1 fully saturated rings. The van der Waals surface area contributed by atoms with Gasteiger partial charge in [-0.3, -0.25) is 9.59 Å². The highest BCUT2D eigenvalue weighted by molar-refractivity contribution is 9.10. The Kier molecular flexibility index (Phi) is 5.18. The summed E-state index contributed by atoms with van der Waals surface area (Å²) in [6, 6.07) is 11.7. The topological polar surface area (TPSA) is 58.2 Å². The Morgan fingerprint density at radius 2 is 1.92 bits per heavy atom. The highest BCUT2D eigenvalue weighted by Crippen LogP contribution is 2.47. The fourth-order valence-corrected chi connectivity index (χ4v) is 3.04. The van der Waals surface area contributed by atoms with Crippen molar-refractivity contribution in [2.75, 3.05) is 11.9 Å². The van der Waals surface area contributed by atoms with Crippen LogP contribution in [0, 0.1) is 18.7 Å². The summed E-state index contributed by atoms with van der Waals surface area (Å²) in [7, 11) is 0. The van der Waals surface area contributed by atoms with Crippen molar-refractivity contribution in [3.8, 4) is 0 Å². The quantitative estimate of drug-likeness (QED) is 0.796. The predicted octanol–water partition coefficient (Wildman–Crippen LogP) is 3.76. The summed E-state index contributed by atoms with van der Waals surface area (Å²) in [5.74, 6) is -0.735. The first-order chi connectivity index (χ1) is 11.9. The normalized spacial score (nSPS) is 18.5. The van der Waals surface area contributed by atoms with Crippen LogP contribution in [-0.2, 0) is 9.59 Å². The van der Waals surface area contributed by atoms with Crippen molar-refractivity contribution in [3.63, 3.8) is 0 Å². The summed E-state index contributed by atoms with van der Waals surface area (Å²) in [5.41, 5.74) is 2.66. The molecule has 2 aromatic carbocycles. The Morgan fingerprint density at radius 1 is 1.20 bits per heavy atom. The molecule has 2 amide bonds. The second-order valence-corrected chi connectivity index (χ2v) is 7.08. The van der Waals surface area contributed by atoms with Crippen molar-refractivity contribution >= 4 is 33.4 Å². The summed E-state index contributed by atoms with van der Waals surface area (Å²) in [5, 5.41) is 5.43. The van der Waals surface area contributed by atoms with E-state index in [9.17, 15) is 14.0 Å². The van der Waals surface area contributed by atoms with E-state index < -0.39 is 0 Å². The highest BCUT2D eigenvalue weighted by Gasteiger charge is 2.43. The summed E-state index contributed by atoms with van der Waals surface area (Å²) in [4.78, 5) is 24.1. The lowest BCUT2D eigenvalue weighted by Crippen LogP contribution is -2.34. The molecular weight excluding hydrogens is 387 g/mol. The van der Waals surface area contributed by atoms with E-state index in [1.807, 2.05) is 19.1 Å². The van der Waals surface area contributed by atoms with Gasteiger partial charge in [0.05, 0.1) is 6.54 Å². The molecule has 25 heavy (non-hydrogen) atoms. The molecule has 3 rings (SSSR count). The number of carbonyl (C=O) groups is 2. The molecule has 0 radical (unpaired) electrons. The predicted molar refractivity (Wildman–Crippen MR) is 97.8 cm³/mol. The summed E-state index contributed by atoms with van der Waals surface area (Å²) in [6.07, 6.45) is 0.727. The van der Waals surface area contributed by atoms with Crippen LogP contribution < -0.4 is 10.6 Å². The van der Waals surface area contributed by atoms with Gasteiger partial charge in [-0.2, -0.15) is 0 Å². The summed E-state index contributed by atoms with van der Waals surface area (Å²) in [6.45, 7) is 1.87. The zero-order valence-corrected chi connectivity index (χ0v) is 15.3. The lowest BCUT2D eigenvalue weighted by Gasteiger charge is -2.08. The molecule has 1 aliphatic rings. The van der Waals surface area contributed by atoms with E-state index in [0.29, 0.717) is 5.69 Å². The van der Waals surface area contributed by atoms with Crippen LogP contribution in [0.4, 0.5) is 10.1 Å². The minimum atomic E-state index is -0.287. The van der Waals surface area contributed by atoms with Gasteiger partial charge in [0.25, 0.3) is 0 Å². The van der Waals surface area contributed by atoms with Crippen LogP contribution in [0.15, 0.2) is 46.9 Å². The fraction of sp³-hybridized carbons (Fsp3) is 0.263. The second-order valence-electron chi connectivity index (χ2n) is 6.23. The van der Waals surface area contributed by atoms with Crippen molar-refractivity contribution in [2.24, 2.45) is 5.92 Å². The standard InChI is InChI=1S/C19H18BrFN2O2/c1-11-8-14(6-7-17(11)20)23-18(24)10-22-19(25)16-9-15(16)12-2-4-13(21)5-3-12/h2-8,15-16H,9-10H2,1H3,(H,22,25)(H,23,24). The van der Waals surface area contributed by atoms with Crippen LogP contribution in [-0.4, -0.2) is 18.4 Å². The van der Waals surface area contributed by atoms with E-state index in [1.54, 1.807) is 18.2 Å². The number of nitrogens with one attached hydrogen (secondary N) is 2. The van der Waals surface area contributed by atoms with E-state index in [0.717, 1.165) is 22.0 Å². The molecular formula is C19H18BrFN2O2.